The van der Waals surface area contributed by atoms with Crippen LogP contribution in [0.3, 0.4) is 0 Å². The molecule has 4 heteroatoms. The summed E-state index contributed by atoms with van der Waals surface area (Å²) >= 11 is 3.48. The average Bonchev–Trinajstić information content (AvgIpc) is 2.36. The molecule has 0 radical (unpaired) electrons. The normalized spacial score (nSPS) is 12.9. The van der Waals surface area contributed by atoms with Crippen molar-refractivity contribution in [3.8, 4) is 5.75 Å². The molecule has 1 rings (SSSR count). The van der Waals surface area contributed by atoms with Crippen molar-refractivity contribution in [2.75, 3.05) is 6.61 Å². The van der Waals surface area contributed by atoms with Crippen LogP contribution in [0.5, 0.6) is 5.75 Å². The first-order chi connectivity index (χ1) is 9.24. The highest BCUT2D eigenvalue weighted by Crippen LogP contribution is 2.33. The van der Waals surface area contributed by atoms with E-state index in [1.54, 1.807) is 0 Å². The lowest BCUT2D eigenvalue weighted by molar-refractivity contribution is -0.123. The molecule has 0 aliphatic carbocycles. The third-order valence-corrected chi connectivity index (χ3v) is 3.62. The van der Waals surface area contributed by atoms with Crippen molar-refractivity contribution in [3.63, 3.8) is 0 Å². The summed E-state index contributed by atoms with van der Waals surface area (Å²) in [7, 11) is 0. The molecule has 0 fully saturated rings. The number of carbonyl (C=O) groups is 1. The summed E-state index contributed by atoms with van der Waals surface area (Å²) in [4.78, 5) is 11.8. The van der Waals surface area contributed by atoms with Gasteiger partial charge in [0.15, 0.2) is 6.61 Å². The van der Waals surface area contributed by atoms with Crippen LogP contribution in [0.25, 0.3) is 0 Å². The molecular weight excluding hydrogens is 318 g/mol. The van der Waals surface area contributed by atoms with Crippen LogP contribution in [0, 0.1) is 0 Å². The fraction of sp³-hybridized carbons (Fsp3) is 0.562. The van der Waals surface area contributed by atoms with Gasteiger partial charge >= 0.3 is 0 Å². The molecule has 20 heavy (non-hydrogen) atoms. The first-order valence-electron chi connectivity index (χ1n) is 6.96. The highest BCUT2D eigenvalue weighted by atomic mass is 79.9. The van der Waals surface area contributed by atoms with E-state index in [2.05, 4.69) is 42.0 Å². The number of hydrogen-bond acceptors (Lipinski definition) is 2. The monoisotopic (exact) mass is 341 g/mol. The van der Waals surface area contributed by atoms with Crippen LogP contribution in [-0.2, 0) is 10.2 Å². The third kappa shape index (κ3) is 5.16. The van der Waals surface area contributed by atoms with Gasteiger partial charge in [-0.3, -0.25) is 4.79 Å². The third-order valence-electron chi connectivity index (χ3n) is 3.13. The Morgan fingerprint density at radius 3 is 2.60 bits per heavy atom. The molecule has 0 aliphatic rings. The van der Waals surface area contributed by atoms with Crippen molar-refractivity contribution < 1.29 is 9.53 Å². The Bertz CT molecular complexity index is 466. The summed E-state index contributed by atoms with van der Waals surface area (Å²) in [6, 6.07) is 6.05. The molecule has 0 bridgehead atoms. The molecule has 1 unspecified atom stereocenters. The Morgan fingerprint density at radius 2 is 2.05 bits per heavy atom. The number of halogens is 1. The second-order valence-electron chi connectivity index (χ2n) is 6.06. The van der Waals surface area contributed by atoms with Crippen molar-refractivity contribution in [3.05, 3.63) is 28.2 Å². The van der Waals surface area contributed by atoms with Crippen LogP contribution in [0.2, 0.25) is 0 Å². The highest BCUT2D eigenvalue weighted by Gasteiger charge is 2.20. The lowest BCUT2D eigenvalue weighted by Crippen LogP contribution is -2.35. The molecule has 0 spiro atoms. The van der Waals surface area contributed by atoms with Gasteiger partial charge in [-0.2, -0.15) is 0 Å². The van der Waals surface area contributed by atoms with E-state index in [-0.39, 0.29) is 24.0 Å². The van der Waals surface area contributed by atoms with E-state index in [1.807, 2.05) is 32.0 Å². The summed E-state index contributed by atoms with van der Waals surface area (Å²) in [5, 5.41) is 2.90. The highest BCUT2D eigenvalue weighted by molar-refractivity contribution is 9.10. The maximum Gasteiger partial charge on any atom is 0.258 e. The number of ether oxygens (including phenoxy) is 1. The van der Waals surface area contributed by atoms with Gasteiger partial charge in [0.25, 0.3) is 5.91 Å². The Balaban J connectivity index is 2.76. The molecule has 0 aromatic heterocycles. The molecule has 0 saturated heterocycles. The van der Waals surface area contributed by atoms with Gasteiger partial charge in [-0.1, -0.05) is 43.6 Å². The van der Waals surface area contributed by atoms with Crippen LogP contribution in [0.15, 0.2) is 22.7 Å². The molecule has 0 aliphatic heterocycles. The average molecular weight is 342 g/mol. The van der Waals surface area contributed by atoms with Crippen LogP contribution < -0.4 is 10.1 Å². The summed E-state index contributed by atoms with van der Waals surface area (Å²) in [5.41, 5.74) is 1.05. The Kier molecular flexibility index (Phi) is 6.06. The van der Waals surface area contributed by atoms with Gasteiger partial charge in [0.1, 0.15) is 5.75 Å². The summed E-state index contributed by atoms with van der Waals surface area (Å²) in [6.07, 6.45) is 0.914. The van der Waals surface area contributed by atoms with Gasteiger partial charge in [0.2, 0.25) is 0 Å². The van der Waals surface area contributed by atoms with E-state index in [4.69, 9.17) is 4.74 Å². The van der Waals surface area contributed by atoms with E-state index in [0.29, 0.717) is 0 Å². The van der Waals surface area contributed by atoms with Crippen LogP contribution in [0.1, 0.15) is 46.6 Å². The van der Waals surface area contributed by atoms with Crippen LogP contribution >= 0.6 is 15.9 Å². The van der Waals surface area contributed by atoms with Crippen molar-refractivity contribution in [1.29, 1.82) is 0 Å². The zero-order valence-corrected chi connectivity index (χ0v) is 14.5. The molecule has 1 atom stereocenters. The summed E-state index contributed by atoms with van der Waals surface area (Å²) < 4.78 is 6.71. The molecule has 1 aromatic carbocycles. The smallest absolute Gasteiger partial charge is 0.258 e. The quantitative estimate of drug-likeness (QED) is 0.877. The van der Waals surface area contributed by atoms with E-state index in [1.165, 1.54) is 0 Å². The summed E-state index contributed by atoms with van der Waals surface area (Å²) in [5.74, 6) is 0.683. The van der Waals surface area contributed by atoms with Gasteiger partial charge in [-0.25, -0.2) is 0 Å². The van der Waals surface area contributed by atoms with Crippen molar-refractivity contribution >= 4 is 21.8 Å². The minimum absolute atomic E-state index is 0.0354. The Morgan fingerprint density at radius 1 is 1.40 bits per heavy atom. The summed E-state index contributed by atoms with van der Waals surface area (Å²) in [6.45, 7) is 10.5. The van der Waals surface area contributed by atoms with Crippen molar-refractivity contribution in [1.82, 2.24) is 5.32 Å². The van der Waals surface area contributed by atoms with Crippen molar-refractivity contribution in [2.45, 2.75) is 52.5 Å². The van der Waals surface area contributed by atoms with Gasteiger partial charge in [-0.05, 0) is 37.0 Å². The molecule has 0 saturated carbocycles. The molecule has 1 aromatic rings. The maximum atomic E-state index is 11.8. The number of benzene rings is 1. The van der Waals surface area contributed by atoms with E-state index < -0.39 is 0 Å². The lowest BCUT2D eigenvalue weighted by atomic mass is 9.86. The Labute approximate surface area is 130 Å². The fourth-order valence-electron chi connectivity index (χ4n) is 1.78. The molecular formula is C16H24BrNO2. The lowest BCUT2D eigenvalue weighted by Gasteiger charge is -2.23. The maximum absolute atomic E-state index is 11.8. The molecule has 112 valence electrons. The van der Waals surface area contributed by atoms with Gasteiger partial charge in [-0.15, -0.1) is 0 Å². The predicted octanol–water partition coefficient (Wildman–Crippen LogP) is 4.04. The topological polar surface area (TPSA) is 38.3 Å². The number of carbonyl (C=O) groups excluding carboxylic acids is 1. The van der Waals surface area contributed by atoms with Crippen LogP contribution in [0.4, 0.5) is 0 Å². The molecule has 1 N–H and O–H groups in total. The second kappa shape index (κ2) is 7.11. The zero-order valence-electron chi connectivity index (χ0n) is 12.9. The zero-order chi connectivity index (χ0) is 15.3. The number of nitrogens with one attached hydrogen (secondary N) is 1. The standard InChI is InChI=1S/C16H24BrNO2/c1-6-11(2)18-15(19)10-20-14-8-7-12(17)9-13(14)16(3,4)5/h7-9,11H,6,10H2,1-5H3,(H,18,19). The van der Waals surface area contributed by atoms with E-state index in [9.17, 15) is 4.79 Å². The Hall–Kier alpha value is -1.03. The predicted molar refractivity (Wildman–Crippen MR) is 86.2 cm³/mol. The number of hydrogen-bond donors (Lipinski definition) is 1. The van der Waals surface area contributed by atoms with Crippen molar-refractivity contribution in [2.24, 2.45) is 0 Å². The SMILES string of the molecule is CCC(C)NC(=O)COc1ccc(Br)cc1C(C)(C)C. The number of rotatable bonds is 5. The van der Waals surface area contributed by atoms with E-state index in [0.717, 1.165) is 22.2 Å². The van der Waals surface area contributed by atoms with Gasteiger partial charge < -0.3 is 10.1 Å². The first-order valence-corrected chi connectivity index (χ1v) is 7.75. The molecule has 1 amide bonds. The number of amides is 1. The van der Waals surface area contributed by atoms with Gasteiger partial charge in [0.05, 0.1) is 0 Å². The van der Waals surface area contributed by atoms with Crippen LogP contribution in [-0.4, -0.2) is 18.6 Å². The second-order valence-corrected chi connectivity index (χ2v) is 6.97. The largest absolute Gasteiger partial charge is 0.483 e. The molecule has 0 heterocycles. The first kappa shape index (κ1) is 17.0. The van der Waals surface area contributed by atoms with Gasteiger partial charge in [0, 0.05) is 16.1 Å². The minimum Gasteiger partial charge on any atom is -0.483 e. The van der Waals surface area contributed by atoms with E-state index >= 15 is 0 Å². The fourth-order valence-corrected chi connectivity index (χ4v) is 2.14. The molecule has 3 nitrogen and oxygen atoms in total. The minimum atomic E-state index is -0.0814.